The number of carbonyl (C=O) groups excluding carboxylic acids is 1. The Bertz CT molecular complexity index is 1410. The summed E-state index contributed by atoms with van der Waals surface area (Å²) in [5.74, 6) is 0.627. The summed E-state index contributed by atoms with van der Waals surface area (Å²) < 4.78 is 5.81. The van der Waals surface area contributed by atoms with Gasteiger partial charge in [-0.05, 0) is 60.2 Å². The van der Waals surface area contributed by atoms with E-state index < -0.39 is 0 Å². The minimum absolute atomic E-state index is 0.0314. The van der Waals surface area contributed by atoms with Gasteiger partial charge in [-0.3, -0.25) is 4.79 Å². The predicted molar refractivity (Wildman–Crippen MR) is 133 cm³/mol. The van der Waals surface area contributed by atoms with Gasteiger partial charge in [0.2, 0.25) is 0 Å². The first-order valence-corrected chi connectivity index (χ1v) is 12.1. The van der Waals surface area contributed by atoms with Gasteiger partial charge in [-0.2, -0.15) is 0 Å². The molecule has 2 aliphatic heterocycles. The molecule has 0 unspecified atom stereocenters. The zero-order valence-electron chi connectivity index (χ0n) is 20.0. The van der Waals surface area contributed by atoms with Crippen LogP contribution in [-0.4, -0.2) is 57.0 Å². The molecule has 8 heteroatoms. The van der Waals surface area contributed by atoms with Crippen LogP contribution in [0.15, 0.2) is 43.0 Å². The first-order chi connectivity index (χ1) is 17.1. The quantitative estimate of drug-likeness (QED) is 0.478. The van der Waals surface area contributed by atoms with Crippen LogP contribution in [0.5, 0.6) is 0 Å². The Kier molecular flexibility index (Phi) is 5.54. The van der Waals surface area contributed by atoms with Gasteiger partial charge in [-0.25, -0.2) is 15.0 Å². The highest BCUT2D eigenvalue weighted by Crippen LogP contribution is 2.34. The number of nitrogens with zero attached hydrogens (tertiary/aromatic N) is 4. The van der Waals surface area contributed by atoms with Gasteiger partial charge in [0.15, 0.2) is 0 Å². The topological polar surface area (TPSA) is 96.0 Å². The lowest BCUT2D eigenvalue weighted by molar-refractivity contribution is 0.0715. The smallest absolute Gasteiger partial charge is 0.257 e. The van der Waals surface area contributed by atoms with Gasteiger partial charge >= 0.3 is 0 Å². The first-order valence-electron chi connectivity index (χ1n) is 12.1. The van der Waals surface area contributed by atoms with Crippen LogP contribution >= 0.6 is 0 Å². The Balaban J connectivity index is 1.39. The molecule has 8 nitrogen and oxygen atoms in total. The third-order valence-electron chi connectivity index (χ3n) is 7.06. The molecule has 1 amide bonds. The van der Waals surface area contributed by atoms with Crippen molar-refractivity contribution >= 4 is 16.9 Å². The van der Waals surface area contributed by atoms with E-state index in [9.17, 15) is 4.79 Å². The van der Waals surface area contributed by atoms with E-state index in [2.05, 4.69) is 50.4 Å². The fourth-order valence-electron chi connectivity index (χ4n) is 5.09. The Morgan fingerprint density at radius 2 is 1.94 bits per heavy atom. The van der Waals surface area contributed by atoms with Gasteiger partial charge in [0.1, 0.15) is 11.5 Å². The molecule has 2 aliphatic rings. The average Bonchev–Trinajstić information content (AvgIpc) is 3.28. The minimum Gasteiger partial charge on any atom is -0.378 e. The number of H-pyrrole nitrogens is 1. The number of benzene rings is 1. The molecule has 1 saturated heterocycles. The Hall–Kier alpha value is -3.62. The standard InChI is InChI=1S/C27H28N6O2/c1-16-10-31-26-22(16)9-20(11-32-26)19-7-18-3-5-33(27(34)21-12-29-17(2)30-13-21)14-24(18)23(8-19)25-15-35-6-4-28-25/h7-13,25,28H,3-6,14-15H2,1-2H3,(H,31,32)/t25-/m0/s1. The number of fused-ring (bicyclic) bond motifs is 2. The van der Waals surface area contributed by atoms with E-state index in [0.29, 0.717) is 37.7 Å². The predicted octanol–water partition coefficient (Wildman–Crippen LogP) is 3.50. The van der Waals surface area contributed by atoms with Crippen LogP contribution < -0.4 is 5.32 Å². The number of morpholine rings is 1. The number of rotatable bonds is 3. The molecule has 0 saturated carbocycles. The summed E-state index contributed by atoms with van der Waals surface area (Å²) >= 11 is 0. The van der Waals surface area contributed by atoms with Crippen molar-refractivity contribution in [1.82, 2.24) is 30.2 Å². The highest BCUT2D eigenvalue weighted by atomic mass is 16.5. The Morgan fingerprint density at radius 3 is 2.74 bits per heavy atom. The molecule has 1 fully saturated rings. The van der Waals surface area contributed by atoms with Crippen molar-refractivity contribution in [3.05, 3.63) is 76.6 Å². The minimum atomic E-state index is -0.0314. The molecule has 1 aromatic carbocycles. The molecule has 0 radical (unpaired) electrons. The fraction of sp³-hybridized carbons (Fsp3) is 0.333. The van der Waals surface area contributed by atoms with Crippen LogP contribution in [0.2, 0.25) is 0 Å². The summed E-state index contributed by atoms with van der Waals surface area (Å²) in [7, 11) is 0. The number of nitrogens with one attached hydrogen (secondary N) is 2. The van der Waals surface area contributed by atoms with Gasteiger partial charge in [0.25, 0.3) is 5.91 Å². The number of aromatic amines is 1. The highest BCUT2D eigenvalue weighted by molar-refractivity contribution is 5.94. The number of hydrogen-bond donors (Lipinski definition) is 2. The van der Waals surface area contributed by atoms with Gasteiger partial charge < -0.3 is 19.9 Å². The summed E-state index contributed by atoms with van der Waals surface area (Å²) in [6.45, 7) is 7.27. The molecule has 6 rings (SSSR count). The summed E-state index contributed by atoms with van der Waals surface area (Å²) in [6, 6.07) is 6.81. The largest absolute Gasteiger partial charge is 0.378 e. The van der Waals surface area contributed by atoms with Gasteiger partial charge in [-0.1, -0.05) is 6.07 Å². The van der Waals surface area contributed by atoms with Crippen molar-refractivity contribution < 1.29 is 9.53 Å². The molecule has 178 valence electrons. The summed E-state index contributed by atoms with van der Waals surface area (Å²) in [6.07, 6.45) is 7.96. The number of amides is 1. The second-order valence-electron chi connectivity index (χ2n) is 9.37. The van der Waals surface area contributed by atoms with Crippen LogP contribution in [0.4, 0.5) is 0 Å². The molecule has 2 N–H and O–H groups in total. The number of ether oxygens (including phenoxy) is 1. The zero-order chi connectivity index (χ0) is 23.9. The van der Waals surface area contributed by atoms with Crippen molar-refractivity contribution in [3.8, 4) is 11.1 Å². The maximum Gasteiger partial charge on any atom is 0.257 e. The third kappa shape index (κ3) is 4.09. The first kappa shape index (κ1) is 21.9. The monoisotopic (exact) mass is 468 g/mol. The number of pyridine rings is 1. The van der Waals surface area contributed by atoms with Crippen molar-refractivity contribution in [2.24, 2.45) is 0 Å². The summed E-state index contributed by atoms with van der Waals surface area (Å²) in [5, 5.41) is 4.75. The molecular weight excluding hydrogens is 440 g/mol. The molecule has 35 heavy (non-hydrogen) atoms. The molecular formula is C27H28N6O2. The van der Waals surface area contributed by atoms with Crippen LogP contribution in [0.1, 0.15) is 44.5 Å². The van der Waals surface area contributed by atoms with Crippen molar-refractivity contribution in [2.75, 3.05) is 26.3 Å². The molecule has 1 atom stereocenters. The van der Waals surface area contributed by atoms with E-state index in [0.717, 1.165) is 35.1 Å². The molecule has 0 spiro atoms. The van der Waals surface area contributed by atoms with Gasteiger partial charge in [0.05, 0.1) is 24.8 Å². The lowest BCUT2D eigenvalue weighted by atomic mass is 9.87. The molecule has 5 heterocycles. The zero-order valence-corrected chi connectivity index (χ0v) is 20.0. The van der Waals surface area contributed by atoms with Crippen molar-refractivity contribution in [1.29, 1.82) is 0 Å². The second-order valence-corrected chi connectivity index (χ2v) is 9.37. The van der Waals surface area contributed by atoms with Gasteiger partial charge in [0, 0.05) is 55.4 Å². The number of carbonyl (C=O) groups is 1. The van der Waals surface area contributed by atoms with E-state index in [4.69, 9.17) is 4.74 Å². The van der Waals surface area contributed by atoms with E-state index in [1.165, 1.54) is 22.3 Å². The average molecular weight is 469 g/mol. The molecule has 0 bridgehead atoms. The SMILES string of the molecule is Cc1ncc(C(=O)N2CCc3cc(-c4cnc5[nH]cc(C)c5c4)cc([C@@H]4COCCN4)c3C2)cn1. The normalized spacial score (nSPS) is 18.0. The fourth-order valence-corrected chi connectivity index (χ4v) is 5.09. The number of hydrogen-bond acceptors (Lipinski definition) is 6. The van der Waals surface area contributed by atoms with Crippen molar-refractivity contribution in [2.45, 2.75) is 32.9 Å². The van der Waals surface area contributed by atoms with Crippen LogP contribution in [-0.2, 0) is 17.7 Å². The summed E-state index contributed by atoms with van der Waals surface area (Å²) in [5.41, 5.74) is 8.53. The van der Waals surface area contributed by atoms with Crippen LogP contribution in [0, 0.1) is 13.8 Å². The van der Waals surface area contributed by atoms with Crippen LogP contribution in [0.25, 0.3) is 22.2 Å². The second kappa shape index (κ2) is 8.87. The van der Waals surface area contributed by atoms with E-state index in [-0.39, 0.29) is 11.9 Å². The van der Waals surface area contributed by atoms with Crippen LogP contribution in [0.3, 0.4) is 0 Å². The number of aromatic nitrogens is 4. The summed E-state index contributed by atoms with van der Waals surface area (Å²) in [4.78, 5) is 31.4. The van der Waals surface area contributed by atoms with E-state index in [1.807, 2.05) is 24.2 Å². The number of aryl methyl sites for hydroxylation is 2. The van der Waals surface area contributed by atoms with E-state index in [1.54, 1.807) is 12.4 Å². The Morgan fingerprint density at radius 1 is 1.09 bits per heavy atom. The van der Waals surface area contributed by atoms with Gasteiger partial charge in [-0.15, -0.1) is 0 Å². The van der Waals surface area contributed by atoms with Crippen molar-refractivity contribution in [3.63, 3.8) is 0 Å². The molecule has 3 aromatic heterocycles. The lowest BCUT2D eigenvalue weighted by Crippen LogP contribution is -2.39. The molecule has 4 aromatic rings. The highest BCUT2D eigenvalue weighted by Gasteiger charge is 2.28. The maximum atomic E-state index is 13.2. The van der Waals surface area contributed by atoms with E-state index >= 15 is 0 Å². The third-order valence-corrected chi connectivity index (χ3v) is 7.06. The lowest BCUT2D eigenvalue weighted by Gasteiger charge is -2.34. The Labute approximate surface area is 203 Å². The molecule has 0 aliphatic carbocycles. The maximum absolute atomic E-state index is 13.2.